The molecular formula is C47H53FN12O5. The summed E-state index contributed by atoms with van der Waals surface area (Å²) in [4.78, 5) is 66.9. The van der Waals surface area contributed by atoms with Crippen molar-refractivity contribution in [3.8, 4) is 22.6 Å². The van der Waals surface area contributed by atoms with E-state index in [-0.39, 0.29) is 23.4 Å². The Morgan fingerprint density at radius 2 is 1.65 bits per heavy atom. The fourth-order valence-electron chi connectivity index (χ4n) is 8.92. The van der Waals surface area contributed by atoms with Crippen molar-refractivity contribution in [1.29, 1.82) is 0 Å². The molecule has 7 heterocycles. The average Bonchev–Trinajstić information content (AvgIpc) is 3.99. The fourth-order valence-corrected chi connectivity index (χ4v) is 8.92. The van der Waals surface area contributed by atoms with Crippen LogP contribution in [0.4, 0.5) is 26.2 Å². The molecule has 0 bridgehead atoms. The number of H-pyrrole nitrogens is 1. The molecule has 65 heavy (non-hydrogen) atoms. The van der Waals surface area contributed by atoms with Gasteiger partial charge in [0.25, 0.3) is 0 Å². The van der Waals surface area contributed by atoms with Crippen LogP contribution in [0, 0.1) is 11.7 Å². The molecule has 17 nitrogen and oxygen atoms in total. The molecule has 3 aliphatic heterocycles. The van der Waals surface area contributed by atoms with Crippen molar-refractivity contribution in [2.45, 2.75) is 65.0 Å². The first kappa shape index (κ1) is 43.5. The van der Waals surface area contributed by atoms with Crippen LogP contribution in [0.1, 0.15) is 80.6 Å². The van der Waals surface area contributed by atoms with Crippen molar-refractivity contribution >= 4 is 45.9 Å². The monoisotopic (exact) mass is 884 g/mol. The fraction of sp³-hybridized carbons (Fsp3) is 0.404. The molecule has 0 saturated carbocycles. The largest absolute Gasteiger partial charge is 0.392 e. The van der Waals surface area contributed by atoms with E-state index in [2.05, 4.69) is 68.6 Å². The van der Waals surface area contributed by atoms with Crippen LogP contribution in [-0.4, -0.2) is 110 Å². The predicted molar refractivity (Wildman–Crippen MR) is 243 cm³/mol. The lowest BCUT2D eigenvalue weighted by atomic mass is 9.95. The summed E-state index contributed by atoms with van der Waals surface area (Å²) >= 11 is 0. The van der Waals surface area contributed by atoms with Crippen molar-refractivity contribution in [3.63, 3.8) is 0 Å². The summed E-state index contributed by atoms with van der Waals surface area (Å²) in [5.41, 5.74) is 5.87. The quantitative estimate of drug-likeness (QED) is 0.119. The van der Waals surface area contributed by atoms with E-state index in [1.165, 1.54) is 12.4 Å². The van der Waals surface area contributed by atoms with Gasteiger partial charge in [-0.3, -0.25) is 29.7 Å². The number of anilines is 3. The van der Waals surface area contributed by atoms with Gasteiger partial charge in [-0.25, -0.2) is 19.2 Å². The molecule has 2 aromatic carbocycles. The summed E-state index contributed by atoms with van der Waals surface area (Å²) in [6, 6.07) is 15.8. The third kappa shape index (κ3) is 9.26. The number of carbonyl (C=O) groups excluding carboxylic acids is 3. The van der Waals surface area contributed by atoms with Gasteiger partial charge >= 0.3 is 17.8 Å². The van der Waals surface area contributed by atoms with E-state index in [1.54, 1.807) is 17.9 Å². The van der Waals surface area contributed by atoms with E-state index in [0.717, 1.165) is 75.7 Å². The first-order valence-corrected chi connectivity index (χ1v) is 22.1. The molecule has 4 N–H and O–H groups in total. The van der Waals surface area contributed by atoms with Gasteiger partial charge in [-0.2, -0.15) is 4.98 Å². The molecule has 9 rings (SSSR count). The third-order valence-electron chi connectivity index (χ3n) is 12.7. The van der Waals surface area contributed by atoms with Gasteiger partial charge in [0.1, 0.15) is 17.8 Å². The minimum absolute atomic E-state index is 0.184. The van der Waals surface area contributed by atoms with Crippen molar-refractivity contribution in [2.75, 3.05) is 67.1 Å². The Bertz CT molecular complexity index is 2700. The molecule has 3 fully saturated rings. The highest BCUT2D eigenvalue weighted by Gasteiger charge is 2.29. The Labute approximate surface area is 375 Å². The number of halogens is 1. The molecule has 3 saturated heterocycles. The molecule has 6 aromatic rings. The Hall–Kier alpha value is -6.79. The van der Waals surface area contributed by atoms with E-state index in [9.17, 15) is 19.5 Å². The Morgan fingerprint density at radius 1 is 0.923 bits per heavy atom. The van der Waals surface area contributed by atoms with Crippen LogP contribution < -0.4 is 25.3 Å². The van der Waals surface area contributed by atoms with Gasteiger partial charge in [0.05, 0.1) is 41.6 Å². The van der Waals surface area contributed by atoms with Crippen LogP contribution in [0.25, 0.3) is 33.7 Å². The Morgan fingerprint density at radius 3 is 2.32 bits per heavy atom. The zero-order chi connectivity index (χ0) is 45.4. The number of amides is 4. The smallest absolute Gasteiger partial charge is 0.328 e. The lowest BCUT2D eigenvalue weighted by Gasteiger charge is -2.40. The molecule has 1 unspecified atom stereocenters. The number of aliphatic hydroxyl groups excluding tert-OH is 1. The number of nitrogens with one attached hydrogen (secondary N) is 3. The predicted octanol–water partition coefficient (Wildman–Crippen LogP) is 5.97. The number of aromatic nitrogens is 6. The van der Waals surface area contributed by atoms with Gasteiger partial charge < -0.3 is 29.7 Å². The summed E-state index contributed by atoms with van der Waals surface area (Å²) in [5.74, 6) is -0.590. The molecule has 338 valence electrons. The number of aliphatic hydroxyl groups is 1. The maximum atomic E-state index is 16.0. The van der Waals surface area contributed by atoms with Gasteiger partial charge in [-0.1, -0.05) is 25.9 Å². The number of piperidine rings is 1. The normalized spacial score (nSPS) is 17.2. The van der Waals surface area contributed by atoms with E-state index in [4.69, 9.17) is 9.51 Å². The van der Waals surface area contributed by atoms with Crippen LogP contribution in [0.3, 0.4) is 0 Å². The lowest BCUT2D eigenvalue weighted by molar-refractivity contribution is -0.120. The number of urea groups is 1. The van der Waals surface area contributed by atoms with E-state index in [1.807, 2.05) is 51.2 Å². The number of fused-ring (bicyclic) bond motifs is 1. The number of pyridine rings is 1. The maximum absolute atomic E-state index is 16.0. The lowest BCUT2D eigenvalue weighted by Crippen LogP contribution is -2.49. The van der Waals surface area contributed by atoms with Gasteiger partial charge in [0.2, 0.25) is 5.91 Å². The molecule has 1 atom stereocenters. The topological polar surface area (TPSA) is 202 Å². The number of nitrogens with zero attached hydrogens (tertiary/aromatic N) is 9. The zero-order valence-electron chi connectivity index (χ0n) is 37.0. The van der Waals surface area contributed by atoms with Crippen LogP contribution in [0.15, 0.2) is 71.6 Å². The minimum atomic E-state index is -0.692. The third-order valence-corrected chi connectivity index (χ3v) is 12.7. The minimum Gasteiger partial charge on any atom is -0.392 e. The summed E-state index contributed by atoms with van der Waals surface area (Å²) < 4.78 is 21.2. The summed E-state index contributed by atoms with van der Waals surface area (Å²) in [6.45, 7) is 14.2. The second-order valence-corrected chi connectivity index (χ2v) is 18.1. The van der Waals surface area contributed by atoms with Crippen LogP contribution >= 0.6 is 0 Å². The maximum Gasteiger partial charge on any atom is 0.328 e. The van der Waals surface area contributed by atoms with Crippen molar-refractivity contribution in [2.24, 2.45) is 5.92 Å². The highest BCUT2D eigenvalue weighted by molar-refractivity contribution is 6.05. The summed E-state index contributed by atoms with van der Waals surface area (Å²) in [5, 5.41) is 20.0. The number of benzene rings is 2. The molecule has 4 aromatic heterocycles. The average molecular weight is 885 g/mol. The Kier molecular flexibility index (Phi) is 12.0. The van der Waals surface area contributed by atoms with Gasteiger partial charge in [0, 0.05) is 86.5 Å². The molecule has 3 aliphatic rings. The second-order valence-electron chi connectivity index (χ2n) is 18.1. The molecule has 18 heteroatoms. The van der Waals surface area contributed by atoms with Crippen molar-refractivity contribution in [1.82, 2.24) is 45.6 Å². The molecule has 4 amide bonds. The number of imide groups is 1. The standard InChI is InChI=1S/C47H53FN12O5/c1-28(52-43(63)44-55-45(56-65-44)47(2,3)4)34-22-37(48)35(21-30(34)26-61)41-36-23-39(53-42(36)51-27-50-41)38-10-9-33(24-49-38)59-19-17-57(18-20-59)25-29-11-14-58(15-12-29)31-5-7-32(8-6-31)60-16-13-40(62)54-46(60)64/h5-10,21-24,27-29,61H,11-20,25-26H2,1-4H3,(H,52,63)(H,50,51,53)(H,54,62,64). The Balaban J connectivity index is 0.790. The number of hydrogen-bond donors (Lipinski definition) is 4. The van der Waals surface area contributed by atoms with Gasteiger partial charge in [-0.15, -0.1) is 0 Å². The van der Waals surface area contributed by atoms with Crippen LogP contribution in [-0.2, 0) is 16.8 Å². The van der Waals surface area contributed by atoms with E-state index in [0.29, 0.717) is 63.9 Å². The number of piperazine rings is 1. The van der Waals surface area contributed by atoms with E-state index >= 15 is 4.39 Å². The molecule has 0 radical (unpaired) electrons. The first-order valence-electron chi connectivity index (χ1n) is 22.1. The second kappa shape index (κ2) is 18.0. The van der Waals surface area contributed by atoms with Gasteiger partial charge in [-0.05, 0) is 91.4 Å². The molecule has 0 aliphatic carbocycles. The number of aromatic amines is 1. The molecular weight excluding hydrogens is 832 g/mol. The van der Waals surface area contributed by atoms with Gasteiger partial charge in [0.15, 0.2) is 5.82 Å². The van der Waals surface area contributed by atoms with Crippen LogP contribution in [0.2, 0.25) is 0 Å². The SMILES string of the molecule is CC(NC(=O)c1nc(C(C)(C)C)no1)c1cc(F)c(-c2ncnc3[nH]c(-c4ccc(N5CCN(CC6CCN(c7ccc(N8CCC(=O)NC8=O)cc7)CC6)CC5)cn4)cc23)cc1CO. The highest BCUT2D eigenvalue weighted by atomic mass is 19.1. The van der Waals surface area contributed by atoms with Crippen molar-refractivity contribution < 1.29 is 28.4 Å². The van der Waals surface area contributed by atoms with Crippen molar-refractivity contribution in [3.05, 3.63) is 95.8 Å². The summed E-state index contributed by atoms with van der Waals surface area (Å²) in [7, 11) is 0. The highest BCUT2D eigenvalue weighted by Crippen LogP contribution is 2.35. The first-order chi connectivity index (χ1) is 31.3. The molecule has 0 spiro atoms. The van der Waals surface area contributed by atoms with E-state index < -0.39 is 29.8 Å². The zero-order valence-corrected chi connectivity index (χ0v) is 37.0. The van der Waals surface area contributed by atoms with Crippen LogP contribution in [0.5, 0.6) is 0 Å². The summed E-state index contributed by atoms with van der Waals surface area (Å²) in [6.07, 6.45) is 5.82. The number of carbonyl (C=O) groups is 3. The number of hydrogen-bond acceptors (Lipinski definition) is 13. The number of rotatable bonds is 11.